The molecule has 3 aliphatic rings. The second-order valence-corrected chi connectivity index (χ2v) is 10.6. The number of phenols is 1. The topological polar surface area (TPSA) is 141 Å². The van der Waals surface area contributed by atoms with E-state index < -0.39 is 64.4 Å². The van der Waals surface area contributed by atoms with Crippen LogP contribution in [0.4, 0.5) is 0 Å². The van der Waals surface area contributed by atoms with Crippen LogP contribution in [0.15, 0.2) is 12.1 Å². The lowest BCUT2D eigenvalue weighted by atomic mass is 9.52. The van der Waals surface area contributed by atoms with Crippen molar-refractivity contribution in [3.05, 3.63) is 28.8 Å². The minimum Gasteiger partial charge on any atom is -0.507 e. The lowest BCUT2D eigenvalue weighted by molar-refractivity contribution is -0.181. The van der Waals surface area contributed by atoms with Crippen LogP contribution in [-0.4, -0.2) is 76.9 Å². The highest BCUT2D eigenvalue weighted by Gasteiger charge is 2.69. The number of nitrogens with zero attached hydrogens (tertiary/aromatic N) is 1. The zero-order valence-corrected chi connectivity index (χ0v) is 21.2. The number of rotatable bonds is 6. The average Bonchev–Trinajstić information content (AvgIpc) is 2.82. The van der Waals surface area contributed by atoms with E-state index in [0.29, 0.717) is 12.0 Å². The van der Waals surface area contributed by atoms with Crippen molar-refractivity contribution in [3.63, 3.8) is 0 Å². The van der Waals surface area contributed by atoms with Gasteiger partial charge in [0.05, 0.1) is 17.5 Å². The quantitative estimate of drug-likeness (QED) is 0.387. The van der Waals surface area contributed by atoms with Gasteiger partial charge < -0.3 is 15.5 Å². The highest BCUT2D eigenvalue weighted by molar-refractivity contribution is 6.32. The molecule has 1 aromatic carbocycles. The number of aliphatic hydroxyl groups is 1. The summed E-state index contributed by atoms with van der Waals surface area (Å²) in [6.45, 7) is 2.10. The number of aryl methyl sites for hydroxylation is 1. The Kier molecular flexibility index (Phi) is 6.92. The van der Waals surface area contributed by atoms with Gasteiger partial charge in [0.25, 0.3) is 0 Å². The van der Waals surface area contributed by atoms with Crippen molar-refractivity contribution < 1.29 is 34.2 Å². The van der Waals surface area contributed by atoms with Crippen molar-refractivity contribution in [1.82, 2.24) is 10.2 Å². The lowest BCUT2D eigenvalue weighted by Crippen LogP contribution is -2.74. The number of hydrogen-bond donors (Lipinski definition) is 3. The number of benzene rings is 1. The molecule has 3 aliphatic carbocycles. The van der Waals surface area contributed by atoms with E-state index in [2.05, 4.69) is 12.2 Å². The van der Waals surface area contributed by atoms with Crippen LogP contribution >= 0.6 is 0 Å². The van der Waals surface area contributed by atoms with Crippen LogP contribution in [0.25, 0.3) is 0 Å². The molecule has 0 radical (unpaired) electrons. The standard InChI is InChI=1S/C27H34N2O7/c1-5-6-7-8-13-9-10-17(30)19-15(13)11-14-12-16-21(29(3)4)23(32)20(26(35)28-2)25(34)27(16,36)24(33)18(14)22(19)31/h9-10,14,16,18,20-21,30,36H,5-8,11-12H2,1-4H3,(H,28,35)/t14-,16-,18?,20?,21-,27-/m0/s1. The monoisotopic (exact) mass is 498 g/mol. The SMILES string of the molecule is CCCCCc1ccc(O)c2c1C[C@H]1C[C@H]3[C@H](N(C)C)C(=O)C(C(=O)NC)C(=O)[C@@]3(O)C(=O)C1C2=O. The van der Waals surface area contributed by atoms with E-state index in [0.717, 1.165) is 31.2 Å². The molecule has 9 nitrogen and oxygen atoms in total. The first-order valence-electron chi connectivity index (χ1n) is 12.6. The van der Waals surface area contributed by atoms with E-state index in [9.17, 15) is 34.2 Å². The predicted molar refractivity (Wildman–Crippen MR) is 129 cm³/mol. The molecular formula is C27H34N2O7. The van der Waals surface area contributed by atoms with Gasteiger partial charge in [-0.2, -0.15) is 0 Å². The first-order valence-corrected chi connectivity index (χ1v) is 12.6. The average molecular weight is 499 g/mol. The third-order valence-electron chi connectivity index (χ3n) is 8.32. The van der Waals surface area contributed by atoms with E-state index in [1.807, 2.05) is 6.07 Å². The maximum absolute atomic E-state index is 13.8. The first kappa shape index (κ1) is 26.2. The molecule has 1 aromatic rings. The maximum Gasteiger partial charge on any atom is 0.238 e. The van der Waals surface area contributed by atoms with Gasteiger partial charge in [0.1, 0.15) is 5.75 Å². The van der Waals surface area contributed by atoms with Crippen molar-refractivity contribution in [2.24, 2.45) is 23.7 Å². The number of Topliss-reactive ketones (excluding diaryl/α,β-unsaturated/α-hetero) is 4. The third-order valence-corrected chi connectivity index (χ3v) is 8.32. The van der Waals surface area contributed by atoms with Gasteiger partial charge in [0, 0.05) is 13.0 Å². The molecule has 36 heavy (non-hydrogen) atoms. The summed E-state index contributed by atoms with van der Waals surface area (Å²) < 4.78 is 0. The van der Waals surface area contributed by atoms with Gasteiger partial charge in [-0.05, 0) is 62.9 Å². The second-order valence-electron chi connectivity index (χ2n) is 10.6. The summed E-state index contributed by atoms with van der Waals surface area (Å²) in [5.41, 5.74) is -0.931. The Hall–Kier alpha value is -2.91. The zero-order valence-electron chi connectivity index (χ0n) is 21.2. The Labute approximate surface area is 210 Å². The summed E-state index contributed by atoms with van der Waals surface area (Å²) in [7, 11) is 4.47. The van der Waals surface area contributed by atoms with Crippen LogP contribution in [0.2, 0.25) is 0 Å². The van der Waals surface area contributed by atoms with Gasteiger partial charge in [0.15, 0.2) is 34.7 Å². The second kappa shape index (κ2) is 9.52. The van der Waals surface area contributed by atoms with Crippen LogP contribution in [0.3, 0.4) is 0 Å². The fourth-order valence-electron chi connectivity index (χ4n) is 6.59. The number of likely N-dealkylation sites (N-methyl/N-ethyl adjacent to an activating group) is 1. The molecule has 0 aliphatic heterocycles. The molecule has 0 heterocycles. The summed E-state index contributed by atoms with van der Waals surface area (Å²) in [5, 5.41) is 24.5. The zero-order chi connectivity index (χ0) is 26.5. The number of unbranched alkanes of at least 4 members (excludes halogenated alkanes) is 2. The normalized spacial score (nSPS) is 31.7. The predicted octanol–water partition coefficient (Wildman–Crippen LogP) is 0.860. The summed E-state index contributed by atoms with van der Waals surface area (Å²) >= 11 is 0. The van der Waals surface area contributed by atoms with Gasteiger partial charge in [-0.15, -0.1) is 0 Å². The van der Waals surface area contributed by atoms with Gasteiger partial charge in [-0.25, -0.2) is 0 Å². The Morgan fingerprint density at radius 3 is 2.44 bits per heavy atom. The minimum absolute atomic E-state index is 0.0759. The Bertz CT molecular complexity index is 1140. The number of carbonyl (C=O) groups is 5. The molecule has 6 atom stereocenters. The number of phenolic OH excluding ortho intramolecular Hbond substituents is 1. The van der Waals surface area contributed by atoms with Gasteiger partial charge in [0.2, 0.25) is 5.91 Å². The Morgan fingerprint density at radius 1 is 1.14 bits per heavy atom. The van der Waals surface area contributed by atoms with Crippen LogP contribution in [-0.2, 0) is 32.0 Å². The van der Waals surface area contributed by atoms with Gasteiger partial charge in [-0.1, -0.05) is 25.8 Å². The third kappa shape index (κ3) is 3.71. The van der Waals surface area contributed by atoms with Gasteiger partial charge in [-0.3, -0.25) is 28.9 Å². The molecule has 0 saturated heterocycles. The molecule has 2 saturated carbocycles. The van der Waals surface area contributed by atoms with Crippen molar-refractivity contribution in [1.29, 1.82) is 0 Å². The maximum atomic E-state index is 13.8. The molecule has 2 fully saturated rings. The highest BCUT2D eigenvalue weighted by atomic mass is 16.3. The van der Waals surface area contributed by atoms with Crippen LogP contribution in [0, 0.1) is 23.7 Å². The molecule has 0 spiro atoms. The molecule has 4 rings (SSSR count). The van der Waals surface area contributed by atoms with Crippen molar-refractivity contribution in [2.45, 2.75) is 57.1 Å². The Morgan fingerprint density at radius 2 is 1.83 bits per heavy atom. The first-order chi connectivity index (χ1) is 17.0. The van der Waals surface area contributed by atoms with E-state index in [-0.39, 0.29) is 17.7 Å². The highest BCUT2D eigenvalue weighted by Crippen LogP contribution is 2.51. The van der Waals surface area contributed by atoms with E-state index in [1.165, 1.54) is 18.0 Å². The summed E-state index contributed by atoms with van der Waals surface area (Å²) in [6, 6.07) is 2.21. The summed E-state index contributed by atoms with van der Waals surface area (Å²) in [6.07, 6.45) is 4.11. The van der Waals surface area contributed by atoms with Crippen molar-refractivity contribution in [3.8, 4) is 5.75 Å². The van der Waals surface area contributed by atoms with E-state index in [1.54, 1.807) is 14.1 Å². The van der Waals surface area contributed by atoms with Crippen LogP contribution < -0.4 is 5.32 Å². The number of aromatic hydroxyl groups is 1. The summed E-state index contributed by atoms with van der Waals surface area (Å²) in [4.78, 5) is 68.3. The van der Waals surface area contributed by atoms with E-state index in [4.69, 9.17) is 0 Å². The number of hydrogen-bond acceptors (Lipinski definition) is 8. The number of nitrogens with one attached hydrogen (secondary N) is 1. The van der Waals surface area contributed by atoms with E-state index >= 15 is 0 Å². The van der Waals surface area contributed by atoms with Crippen LogP contribution in [0.1, 0.15) is 54.1 Å². The number of fused-ring (bicyclic) bond motifs is 3. The minimum atomic E-state index is -2.65. The fraction of sp³-hybridized carbons (Fsp3) is 0.593. The molecule has 2 unspecified atom stereocenters. The van der Waals surface area contributed by atoms with Crippen LogP contribution in [0.5, 0.6) is 5.75 Å². The Balaban J connectivity index is 1.81. The summed E-state index contributed by atoms with van der Waals surface area (Å²) in [5.74, 6) is -9.34. The molecule has 1 amide bonds. The van der Waals surface area contributed by atoms with Gasteiger partial charge >= 0.3 is 0 Å². The lowest BCUT2D eigenvalue weighted by Gasteiger charge is -2.52. The molecule has 0 bridgehead atoms. The largest absolute Gasteiger partial charge is 0.507 e. The fourth-order valence-corrected chi connectivity index (χ4v) is 6.59. The van der Waals surface area contributed by atoms with Crippen molar-refractivity contribution in [2.75, 3.05) is 21.1 Å². The number of ketones is 4. The van der Waals surface area contributed by atoms with Crippen molar-refractivity contribution >= 4 is 29.0 Å². The molecule has 194 valence electrons. The molecule has 9 heteroatoms. The number of carbonyl (C=O) groups excluding carboxylic acids is 5. The number of amides is 1. The molecule has 0 aromatic heterocycles. The molecule has 3 N–H and O–H groups in total. The molecular weight excluding hydrogens is 464 g/mol. The smallest absolute Gasteiger partial charge is 0.238 e.